The number of carbonyl (C=O) groups excluding carboxylic acids is 1. The van der Waals surface area contributed by atoms with Crippen molar-refractivity contribution < 1.29 is 9.53 Å². The van der Waals surface area contributed by atoms with E-state index in [2.05, 4.69) is 20.1 Å². The molecule has 6 nitrogen and oxygen atoms in total. The van der Waals surface area contributed by atoms with Gasteiger partial charge in [-0.25, -0.2) is 0 Å². The van der Waals surface area contributed by atoms with Crippen molar-refractivity contribution in [3.8, 4) is 0 Å². The van der Waals surface area contributed by atoms with Gasteiger partial charge in [0.05, 0.1) is 12.4 Å². The quantitative estimate of drug-likeness (QED) is 0.543. The van der Waals surface area contributed by atoms with Crippen molar-refractivity contribution in [2.24, 2.45) is 0 Å². The normalized spacial score (nSPS) is 14.1. The van der Waals surface area contributed by atoms with Crippen LogP contribution in [0.5, 0.6) is 0 Å². The number of hydrogen-bond acceptors (Lipinski definition) is 7. The van der Waals surface area contributed by atoms with Crippen LogP contribution in [0.25, 0.3) is 0 Å². The Hall–Kier alpha value is -1.38. The largest absolute Gasteiger partial charge is 0.383 e. The Labute approximate surface area is 150 Å². The number of nitrogens with one attached hydrogen (secondary N) is 1. The molecule has 3 rings (SSSR count). The van der Waals surface area contributed by atoms with Crippen LogP contribution in [-0.2, 0) is 11.3 Å². The topological polar surface area (TPSA) is 69.0 Å². The van der Waals surface area contributed by atoms with Crippen LogP contribution in [0.4, 0.5) is 5.13 Å². The maximum absolute atomic E-state index is 12.5. The van der Waals surface area contributed by atoms with Gasteiger partial charge in [-0.15, -0.1) is 10.2 Å². The Morgan fingerprint density at radius 3 is 2.96 bits per heavy atom. The van der Waals surface area contributed by atoms with Crippen molar-refractivity contribution >= 4 is 34.0 Å². The maximum atomic E-state index is 12.5. The van der Waals surface area contributed by atoms with Gasteiger partial charge in [0, 0.05) is 36.6 Å². The summed E-state index contributed by atoms with van der Waals surface area (Å²) in [6, 6.07) is 2.53. The summed E-state index contributed by atoms with van der Waals surface area (Å²) in [5, 5.41) is 12.4. The van der Waals surface area contributed by atoms with Gasteiger partial charge >= 0.3 is 0 Å². The fraction of sp³-hybridized carbons (Fsp3) is 0.562. The lowest BCUT2D eigenvalue weighted by molar-refractivity contribution is 0.102. The maximum Gasteiger partial charge on any atom is 0.206 e. The molecule has 0 saturated heterocycles. The number of aryl methyl sites for hydroxylation is 1. The summed E-state index contributed by atoms with van der Waals surface area (Å²) >= 11 is 2.97. The summed E-state index contributed by atoms with van der Waals surface area (Å²) in [5.74, 6) is 0.510. The SMILES string of the molecule is COCCn1c(C)cc(C(=O)CSc2nnc(NC3CC3)s2)c1C. The van der Waals surface area contributed by atoms with E-state index < -0.39 is 0 Å². The number of anilines is 1. The third-order valence-electron chi connectivity index (χ3n) is 4.03. The van der Waals surface area contributed by atoms with Crippen LogP contribution in [0.15, 0.2) is 10.4 Å². The third kappa shape index (κ3) is 4.17. The molecule has 1 fully saturated rings. The molecule has 0 spiro atoms. The number of ether oxygens (including phenoxy) is 1. The summed E-state index contributed by atoms with van der Waals surface area (Å²) in [6.07, 6.45) is 2.42. The number of aromatic nitrogens is 3. The second-order valence-electron chi connectivity index (χ2n) is 5.93. The van der Waals surface area contributed by atoms with Gasteiger partial charge in [-0.3, -0.25) is 4.79 Å². The summed E-state index contributed by atoms with van der Waals surface area (Å²) < 4.78 is 8.10. The predicted octanol–water partition coefficient (Wildman–Crippen LogP) is 3.15. The number of hydrogen-bond donors (Lipinski definition) is 1. The van der Waals surface area contributed by atoms with Gasteiger partial charge < -0.3 is 14.6 Å². The fourth-order valence-electron chi connectivity index (χ4n) is 2.54. The monoisotopic (exact) mass is 366 g/mol. The lowest BCUT2D eigenvalue weighted by atomic mass is 10.2. The molecule has 1 N–H and O–H groups in total. The number of methoxy groups -OCH3 is 1. The Balaban J connectivity index is 1.59. The second-order valence-corrected chi connectivity index (χ2v) is 8.13. The Kier molecular flexibility index (Phi) is 5.57. The van der Waals surface area contributed by atoms with Crippen LogP contribution in [-0.4, -0.2) is 46.1 Å². The van der Waals surface area contributed by atoms with Crippen molar-refractivity contribution in [3.63, 3.8) is 0 Å². The van der Waals surface area contributed by atoms with Crippen molar-refractivity contribution in [3.05, 3.63) is 23.0 Å². The molecule has 0 aliphatic heterocycles. The van der Waals surface area contributed by atoms with E-state index in [0.29, 0.717) is 18.4 Å². The third-order valence-corrected chi connectivity index (χ3v) is 6.02. The zero-order chi connectivity index (χ0) is 17.1. The molecule has 0 aromatic carbocycles. The first kappa shape index (κ1) is 17.4. The summed E-state index contributed by atoms with van der Waals surface area (Å²) in [6.45, 7) is 5.41. The standard InChI is InChI=1S/C16H22N4O2S2/c1-10-8-13(11(2)20(10)6-7-22-3)14(21)9-23-16-19-18-15(24-16)17-12-4-5-12/h8,12H,4-7,9H2,1-3H3,(H,17,18). The van der Waals surface area contributed by atoms with Gasteiger partial charge in [-0.05, 0) is 32.8 Å². The van der Waals surface area contributed by atoms with Gasteiger partial charge in [0.2, 0.25) is 5.13 Å². The van der Waals surface area contributed by atoms with Crippen LogP contribution in [0.1, 0.15) is 34.6 Å². The van der Waals surface area contributed by atoms with E-state index in [1.54, 1.807) is 7.11 Å². The molecular weight excluding hydrogens is 344 g/mol. The highest BCUT2D eigenvalue weighted by molar-refractivity contribution is 8.01. The molecule has 1 saturated carbocycles. The van der Waals surface area contributed by atoms with Gasteiger partial charge in [-0.1, -0.05) is 23.1 Å². The zero-order valence-electron chi connectivity index (χ0n) is 14.2. The molecule has 0 atom stereocenters. The molecule has 2 aromatic heterocycles. The van der Waals surface area contributed by atoms with Crippen LogP contribution in [0.2, 0.25) is 0 Å². The smallest absolute Gasteiger partial charge is 0.206 e. The molecule has 0 bridgehead atoms. The van der Waals surface area contributed by atoms with E-state index in [-0.39, 0.29) is 5.78 Å². The van der Waals surface area contributed by atoms with Crippen LogP contribution in [0, 0.1) is 13.8 Å². The predicted molar refractivity (Wildman–Crippen MR) is 97.4 cm³/mol. The van der Waals surface area contributed by atoms with Crippen molar-refractivity contribution in [2.75, 3.05) is 24.8 Å². The van der Waals surface area contributed by atoms with E-state index in [9.17, 15) is 4.79 Å². The zero-order valence-corrected chi connectivity index (χ0v) is 15.8. The molecular formula is C16H22N4O2S2. The van der Waals surface area contributed by atoms with Crippen molar-refractivity contribution in [2.45, 2.75) is 43.6 Å². The van der Waals surface area contributed by atoms with Crippen LogP contribution >= 0.6 is 23.1 Å². The van der Waals surface area contributed by atoms with Gasteiger partial charge in [-0.2, -0.15) is 0 Å². The molecule has 0 unspecified atom stereocenters. The van der Waals surface area contributed by atoms with Gasteiger partial charge in [0.15, 0.2) is 10.1 Å². The molecule has 24 heavy (non-hydrogen) atoms. The Morgan fingerprint density at radius 2 is 2.25 bits per heavy atom. The molecule has 0 radical (unpaired) electrons. The summed E-state index contributed by atoms with van der Waals surface area (Å²) in [5.41, 5.74) is 2.88. The minimum absolute atomic E-state index is 0.128. The fourth-order valence-corrected chi connectivity index (χ4v) is 4.26. The number of nitrogens with zero attached hydrogens (tertiary/aromatic N) is 3. The second kappa shape index (κ2) is 7.67. The van der Waals surface area contributed by atoms with E-state index in [4.69, 9.17) is 4.74 Å². The first-order chi connectivity index (χ1) is 11.6. The van der Waals surface area contributed by atoms with Crippen LogP contribution in [0.3, 0.4) is 0 Å². The molecule has 1 aliphatic carbocycles. The average molecular weight is 367 g/mol. The highest BCUT2D eigenvalue weighted by atomic mass is 32.2. The Bertz CT molecular complexity index is 722. The van der Waals surface area contributed by atoms with Crippen molar-refractivity contribution in [1.29, 1.82) is 0 Å². The lowest BCUT2D eigenvalue weighted by Crippen LogP contribution is -2.09. The summed E-state index contributed by atoms with van der Waals surface area (Å²) in [7, 11) is 1.69. The van der Waals surface area contributed by atoms with Crippen molar-refractivity contribution in [1.82, 2.24) is 14.8 Å². The Morgan fingerprint density at radius 1 is 1.46 bits per heavy atom. The number of rotatable bonds is 9. The number of ketones is 1. The van der Waals surface area contributed by atoms with E-state index in [1.807, 2.05) is 19.9 Å². The first-order valence-corrected chi connectivity index (χ1v) is 9.80. The minimum atomic E-state index is 0.128. The molecule has 2 heterocycles. The van der Waals surface area contributed by atoms with Crippen LogP contribution < -0.4 is 5.32 Å². The van der Waals surface area contributed by atoms with E-state index in [1.165, 1.54) is 35.9 Å². The van der Waals surface area contributed by atoms with E-state index >= 15 is 0 Å². The number of thioether (sulfide) groups is 1. The highest BCUT2D eigenvalue weighted by Crippen LogP contribution is 2.30. The van der Waals surface area contributed by atoms with E-state index in [0.717, 1.165) is 33.0 Å². The van der Waals surface area contributed by atoms with Gasteiger partial charge in [0.1, 0.15) is 0 Å². The molecule has 1 aliphatic rings. The van der Waals surface area contributed by atoms with Gasteiger partial charge in [0.25, 0.3) is 0 Å². The molecule has 2 aromatic rings. The average Bonchev–Trinajstić information content (AvgIpc) is 3.18. The number of Topliss-reactive ketones (excluding diaryl/α,β-unsaturated/α-hetero) is 1. The lowest BCUT2D eigenvalue weighted by Gasteiger charge is -2.08. The highest BCUT2D eigenvalue weighted by Gasteiger charge is 2.22. The number of carbonyl (C=O) groups is 1. The molecule has 8 heteroatoms. The molecule has 0 amide bonds. The molecule has 130 valence electrons. The minimum Gasteiger partial charge on any atom is -0.383 e. The summed E-state index contributed by atoms with van der Waals surface area (Å²) in [4.78, 5) is 12.5. The first-order valence-electron chi connectivity index (χ1n) is 8.00.